The number of rotatable bonds is 4. The standard InChI is InChI=1S/C44H29N3OP/c48-49(32-19-8-3-9-20-32)40-25-24-29-14-10-11-21-33(29)43(40)36-26-35-34-22-12-13-23-38(34)47(39(35)28-41(36)49)42-27-37(30-15-4-1-5-16-30)45-44(46-42)31-17-6-2-7-18-31/h1-28,48H/q+1. The predicted octanol–water partition coefficient (Wildman–Crippen LogP) is 9.24. The fourth-order valence-electron chi connectivity index (χ4n) is 7.61. The van der Waals surface area contributed by atoms with Crippen molar-refractivity contribution in [3.05, 3.63) is 170 Å². The van der Waals surface area contributed by atoms with Gasteiger partial charge in [0.15, 0.2) is 5.82 Å². The number of nitrogens with zero attached hydrogens (tertiary/aromatic N) is 3. The van der Waals surface area contributed by atoms with Gasteiger partial charge in [0.25, 0.3) is 0 Å². The lowest BCUT2D eigenvalue weighted by Crippen LogP contribution is -2.27. The summed E-state index contributed by atoms with van der Waals surface area (Å²) in [4.78, 5) is 23.5. The van der Waals surface area contributed by atoms with Crippen LogP contribution < -0.4 is 15.9 Å². The lowest BCUT2D eigenvalue weighted by atomic mass is 9.97. The molecule has 1 unspecified atom stereocenters. The van der Waals surface area contributed by atoms with Crippen molar-refractivity contribution >= 4 is 56.0 Å². The second-order valence-corrected chi connectivity index (χ2v) is 15.3. The molecule has 0 radical (unpaired) electrons. The molecule has 0 spiro atoms. The van der Waals surface area contributed by atoms with Gasteiger partial charge in [0.05, 0.1) is 16.7 Å². The molecule has 10 rings (SSSR count). The molecule has 5 heteroatoms. The molecule has 0 fully saturated rings. The maximum absolute atomic E-state index is 13.2. The Labute approximate surface area is 284 Å². The SMILES string of the molecule is O[P+]1(c2ccccc2)c2cc3c(cc2-c2c1ccc1ccccc21)c1ccccc1n3-c1cc(-c2ccccc2)nc(-c2ccccc2)n1. The van der Waals surface area contributed by atoms with Crippen molar-refractivity contribution in [2.24, 2.45) is 0 Å². The van der Waals surface area contributed by atoms with Gasteiger partial charge in [0.2, 0.25) is 7.49 Å². The Morgan fingerprint density at radius 3 is 1.92 bits per heavy atom. The molecular formula is C44H29N3OP+. The molecule has 9 aromatic rings. The van der Waals surface area contributed by atoms with Gasteiger partial charge >= 0.3 is 0 Å². The van der Waals surface area contributed by atoms with E-state index in [-0.39, 0.29) is 0 Å². The van der Waals surface area contributed by atoms with Crippen molar-refractivity contribution in [3.63, 3.8) is 0 Å². The molecule has 230 valence electrons. The number of hydrogen-bond acceptors (Lipinski definition) is 3. The third-order valence-corrected chi connectivity index (χ3v) is 13.0. The van der Waals surface area contributed by atoms with Gasteiger partial charge in [0.1, 0.15) is 21.7 Å². The Kier molecular flexibility index (Phi) is 6.20. The summed E-state index contributed by atoms with van der Waals surface area (Å²) in [7, 11) is -2.98. The van der Waals surface area contributed by atoms with Gasteiger partial charge in [0, 0.05) is 45.2 Å². The van der Waals surface area contributed by atoms with E-state index in [1.165, 1.54) is 5.39 Å². The highest BCUT2D eigenvalue weighted by molar-refractivity contribution is 7.92. The molecule has 1 aliphatic rings. The highest BCUT2D eigenvalue weighted by Crippen LogP contribution is 2.60. The third kappa shape index (κ3) is 4.18. The Morgan fingerprint density at radius 2 is 1.14 bits per heavy atom. The van der Waals surface area contributed by atoms with Crippen molar-refractivity contribution in [2.75, 3.05) is 0 Å². The molecular weight excluding hydrogens is 617 g/mol. The first-order valence-corrected chi connectivity index (χ1v) is 18.2. The summed E-state index contributed by atoms with van der Waals surface area (Å²) in [5, 5.41) is 7.52. The topological polar surface area (TPSA) is 50.9 Å². The molecule has 7 aromatic carbocycles. The van der Waals surface area contributed by atoms with Gasteiger partial charge in [-0.1, -0.05) is 127 Å². The van der Waals surface area contributed by atoms with Gasteiger partial charge in [-0.25, -0.2) is 14.9 Å². The normalized spacial score (nSPS) is 15.1. The molecule has 0 aliphatic carbocycles. The monoisotopic (exact) mass is 646 g/mol. The number of fused-ring (bicyclic) bond motifs is 8. The lowest BCUT2D eigenvalue weighted by Gasteiger charge is -2.17. The van der Waals surface area contributed by atoms with Gasteiger partial charge < -0.3 is 0 Å². The molecule has 1 N–H and O–H groups in total. The minimum absolute atomic E-state index is 0.663. The number of hydrogen-bond donors (Lipinski definition) is 1. The lowest BCUT2D eigenvalue weighted by molar-refractivity contribution is 0.634. The zero-order valence-corrected chi connectivity index (χ0v) is 27.3. The van der Waals surface area contributed by atoms with Crippen molar-refractivity contribution in [1.82, 2.24) is 14.5 Å². The first-order chi connectivity index (χ1) is 24.2. The third-order valence-electron chi connectivity index (χ3n) is 9.84. The first kappa shape index (κ1) is 28.1. The molecule has 0 saturated heterocycles. The number of aromatic nitrogens is 3. The van der Waals surface area contributed by atoms with Crippen LogP contribution in [0.25, 0.3) is 72.2 Å². The van der Waals surface area contributed by atoms with Crippen LogP contribution in [0.2, 0.25) is 0 Å². The van der Waals surface area contributed by atoms with Crippen LogP contribution in [-0.4, -0.2) is 19.4 Å². The van der Waals surface area contributed by atoms with Crippen molar-refractivity contribution < 1.29 is 4.89 Å². The Morgan fingerprint density at radius 1 is 0.490 bits per heavy atom. The maximum Gasteiger partial charge on any atom is 0.239 e. The van der Waals surface area contributed by atoms with Crippen LogP contribution in [0.15, 0.2) is 170 Å². The van der Waals surface area contributed by atoms with Crippen molar-refractivity contribution in [2.45, 2.75) is 0 Å². The van der Waals surface area contributed by atoms with Gasteiger partial charge in [-0.2, -0.15) is 0 Å². The Bertz CT molecular complexity index is 2670. The average molecular weight is 647 g/mol. The minimum Gasteiger partial charge on any atom is -0.293 e. The van der Waals surface area contributed by atoms with Crippen LogP contribution in [-0.2, 0) is 0 Å². The van der Waals surface area contributed by atoms with Crippen LogP contribution in [0, 0.1) is 0 Å². The van der Waals surface area contributed by atoms with Crippen molar-refractivity contribution in [3.8, 4) is 39.6 Å². The molecule has 0 saturated carbocycles. The summed E-state index contributed by atoms with van der Waals surface area (Å²) >= 11 is 0. The summed E-state index contributed by atoms with van der Waals surface area (Å²) in [6.07, 6.45) is 0. The van der Waals surface area contributed by atoms with E-state index in [1.807, 2.05) is 54.6 Å². The molecule has 49 heavy (non-hydrogen) atoms. The highest BCUT2D eigenvalue weighted by atomic mass is 31.2. The second-order valence-electron chi connectivity index (χ2n) is 12.6. The highest BCUT2D eigenvalue weighted by Gasteiger charge is 2.53. The second kappa shape index (κ2) is 10.8. The zero-order valence-electron chi connectivity index (χ0n) is 26.4. The van der Waals surface area contributed by atoms with E-state index < -0.39 is 7.49 Å². The Hall–Kier alpha value is -5.93. The average Bonchev–Trinajstić information content (AvgIpc) is 3.64. The first-order valence-electron chi connectivity index (χ1n) is 16.5. The van der Waals surface area contributed by atoms with Gasteiger partial charge in [-0.15, -0.1) is 0 Å². The summed E-state index contributed by atoms with van der Waals surface area (Å²) in [6, 6.07) is 58.6. The van der Waals surface area contributed by atoms with Crippen molar-refractivity contribution in [1.29, 1.82) is 0 Å². The van der Waals surface area contributed by atoms with Crippen LogP contribution in [0.4, 0.5) is 0 Å². The fraction of sp³-hybridized carbons (Fsp3) is 0. The quantitative estimate of drug-likeness (QED) is 0.194. The fourth-order valence-corrected chi connectivity index (χ4v) is 10.7. The summed E-state index contributed by atoms with van der Waals surface area (Å²) in [5.41, 5.74) is 7.11. The smallest absolute Gasteiger partial charge is 0.239 e. The Balaban J connectivity index is 1.32. The van der Waals surface area contributed by atoms with E-state index in [0.29, 0.717) is 5.82 Å². The van der Waals surface area contributed by atoms with E-state index in [9.17, 15) is 4.89 Å². The zero-order chi connectivity index (χ0) is 32.5. The summed E-state index contributed by atoms with van der Waals surface area (Å²) in [6.45, 7) is 0. The molecule has 0 amide bonds. The van der Waals surface area contributed by atoms with Crippen LogP contribution in [0.5, 0.6) is 0 Å². The number of para-hydroxylation sites is 1. The van der Waals surface area contributed by atoms with E-state index in [1.54, 1.807) is 0 Å². The summed E-state index contributed by atoms with van der Waals surface area (Å²) in [5.74, 6) is 1.44. The molecule has 3 heterocycles. The molecule has 2 aromatic heterocycles. The molecule has 1 aliphatic heterocycles. The minimum atomic E-state index is -2.98. The van der Waals surface area contributed by atoms with E-state index in [2.05, 4.69) is 120 Å². The molecule has 1 atom stereocenters. The van der Waals surface area contributed by atoms with Crippen LogP contribution >= 0.6 is 7.49 Å². The summed E-state index contributed by atoms with van der Waals surface area (Å²) < 4.78 is 2.25. The largest absolute Gasteiger partial charge is 0.293 e. The molecule has 4 nitrogen and oxygen atoms in total. The molecule has 0 bridgehead atoms. The maximum atomic E-state index is 13.2. The van der Waals surface area contributed by atoms with E-state index in [0.717, 1.165) is 76.9 Å². The van der Waals surface area contributed by atoms with Gasteiger partial charge in [-0.05, 0) is 41.1 Å². The van der Waals surface area contributed by atoms with E-state index in [4.69, 9.17) is 9.97 Å². The number of benzene rings is 7. The van der Waals surface area contributed by atoms with E-state index >= 15 is 0 Å². The van der Waals surface area contributed by atoms with Crippen LogP contribution in [0.3, 0.4) is 0 Å². The van der Waals surface area contributed by atoms with Crippen LogP contribution in [0.1, 0.15) is 0 Å². The predicted molar refractivity (Wildman–Crippen MR) is 205 cm³/mol. The van der Waals surface area contributed by atoms with Gasteiger partial charge in [-0.3, -0.25) is 4.57 Å².